The molecule has 0 radical (unpaired) electrons. The fraction of sp³-hybridized carbons (Fsp3) is 0.278. The van der Waals surface area contributed by atoms with Gasteiger partial charge in [-0.1, -0.05) is 30.3 Å². The Balaban J connectivity index is 1.50. The van der Waals surface area contributed by atoms with Crippen LogP contribution in [0, 0.1) is 0 Å². The summed E-state index contributed by atoms with van der Waals surface area (Å²) in [4.78, 5) is 4.70. The molecule has 106 valence electrons. The minimum Gasteiger partial charge on any atom is -0.307 e. The second-order valence-corrected chi connectivity index (χ2v) is 5.89. The van der Waals surface area contributed by atoms with Crippen LogP contribution in [-0.4, -0.2) is 15.4 Å². The highest BCUT2D eigenvalue weighted by Crippen LogP contribution is 2.24. The van der Waals surface area contributed by atoms with E-state index in [1.54, 1.807) is 0 Å². The highest BCUT2D eigenvalue weighted by atomic mass is 15.0. The van der Waals surface area contributed by atoms with Gasteiger partial charge in [0.1, 0.15) is 5.65 Å². The van der Waals surface area contributed by atoms with Crippen molar-refractivity contribution in [3.05, 3.63) is 71.7 Å². The fourth-order valence-corrected chi connectivity index (χ4v) is 3.28. The molecule has 3 heteroatoms. The van der Waals surface area contributed by atoms with Gasteiger partial charge in [-0.3, -0.25) is 0 Å². The van der Waals surface area contributed by atoms with Crippen LogP contribution in [0.4, 0.5) is 0 Å². The molecular formula is C18H19N3. The van der Waals surface area contributed by atoms with Crippen molar-refractivity contribution in [2.45, 2.75) is 31.8 Å². The molecule has 1 aromatic carbocycles. The third-order valence-electron chi connectivity index (χ3n) is 4.36. The number of hydrogen-bond acceptors (Lipinski definition) is 2. The molecule has 1 atom stereocenters. The predicted molar refractivity (Wildman–Crippen MR) is 84.4 cm³/mol. The minimum absolute atomic E-state index is 0.268. The monoisotopic (exact) mass is 277 g/mol. The molecule has 3 nitrogen and oxygen atoms in total. The van der Waals surface area contributed by atoms with E-state index in [-0.39, 0.29) is 6.04 Å². The number of nitrogens with zero attached hydrogens (tertiary/aromatic N) is 2. The standard InChI is InChI=1S/C18H19N3/c1-13(17-12-21-9-5-4-8-18(21)20-17)19-16-10-14-6-2-3-7-15(14)11-16/h2-9,12-13,16,19H,10-11H2,1H3. The zero-order chi connectivity index (χ0) is 14.2. The third-order valence-corrected chi connectivity index (χ3v) is 4.36. The average Bonchev–Trinajstić information content (AvgIpc) is 3.10. The Bertz CT molecular complexity index is 717. The lowest BCUT2D eigenvalue weighted by molar-refractivity contribution is 0.462. The number of benzene rings is 1. The van der Waals surface area contributed by atoms with E-state index < -0.39 is 0 Å². The summed E-state index contributed by atoms with van der Waals surface area (Å²) in [6.07, 6.45) is 6.40. The van der Waals surface area contributed by atoms with Crippen LogP contribution < -0.4 is 5.32 Å². The first kappa shape index (κ1) is 12.6. The first-order valence-electron chi connectivity index (χ1n) is 7.56. The van der Waals surface area contributed by atoms with Crippen LogP contribution >= 0.6 is 0 Å². The molecule has 1 unspecified atom stereocenters. The maximum atomic E-state index is 4.70. The topological polar surface area (TPSA) is 29.3 Å². The number of nitrogens with one attached hydrogen (secondary N) is 1. The second kappa shape index (κ2) is 5.01. The van der Waals surface area contributed by atoms with Crippen LogP contribution in [0.1, 0.15) is 29.8 Å². The summed E-state index contributed by atoms with van der Waals surface area (Å²) in [6.45, 7) is 2.20. The van der Waals surface area contributed by atoms with Crippen molar-refractivity contribution in [2.24, 2.45) is 0 Å². The van der Waals surface area contributed by atoms with E-state index in [9.17, 15) is 0 Å². The molecule has 0 saturated carbocycles. The van der Waals surface area contributed by atoms with Gasteiger partial charge in [-0.15, -0.1) is 0 Å². The summed E-state index contributed by atoms with van der Waals surface area (Å²) >= 11 is 0. The molecule has 1 aliphatic carbocycles. The lowest BCUT2D eigenvalue weighted by Crippen LogP contribution is -2.32. The van der Waals surface area contributed by atoms with Crippen LogP contribution in [0.2, 0.25) is 0 Å². The van der Waals surface area contributed by atoms with Gasteiger partial charge in [0.25, 0.3) is 0 Å². The maximum Gasteiger partial charge on any atom is 0.137 e. The summed E-state index contributed by atoms with van der Waals surface area (Å²) < 4.78 is 2.08. The Labute approximate surface area is 124 Å². The Morgan fingerprint density at radius 3 is 2.52 bits per heavy atom. The molecule has 2 heterocycles. The van der Waals surface area contributed by atoms with Crippen molar-refractivity contribution < 1.29 is 0 Å². The van der Waals surface area contributed by atoms with Crippen LogP contribution in [0.5, 0.6) is 0 Å². The molecule has 0 aliphatic heterocycles. The molecule has 0 amide bonds. The molecule has 3 aromatic rings. The largest absolute Gasteiger partial charge is 0.307 e. The van der Waals surface area contributed by atoms with Crippen molar-refractivity contribution >= 4 is 5.65 Å². The van der Waals surface area contributed by atoms with Gasteiger partial charge in [-0.05, 0) is 43.0 Å². The van der Waals surface area contributed by atoms with Gasteiger partial charge >= 0.3 is 0 Å². The van der Waals surface area contributed by atoms with Crippen LogP contribution in [0.25, 0.3) is 5.65 Å². The lowest BCUT2D eigenvalue weighted by atomic mass is 10.1. The van der Waals surface area contributed by atoms with E-state index >= 15 is 0 Å². The van der Waals surface area contributed by atoms with Gasteiger partial charge in [0, 0.05) is 24.5 Å². The molecule has 0 saturated heterocycles. The molecule has 0 bridgehead atoms. The zero-order valence-electron chi connectivity index (χ0n) is 12.2. The van der Waals surface area contributed by atoms with Crippen molar-refractivity contribution in [1.29, 1.82) is 0 Å². The van der Waals surface area contributed by atoms with Crippen molar-refractivity contribution in [3.8, 4) is 0 Å². The Hall–Kier alpha value is -2.13. The van der Waals surface area contributed by atoms with E-state index in [0.717, 1.165) is 24.2 Å². The van der Waals surface area contributed by atoms with E-state index in [1.165, 1.54) is 11.1 Å². The Kier molecular flexibility index (Phi) is 3.00. The SMILES string of the molecule is CC(NC1Cc2ccccc2C1)c1cn2ccccc2n1. The number of rotatable bonds is 3. The highest BCUT2D eigenvalue weighted by Gasteiger charge is 2.23. The fourth-order valence-electron chi connectivity index (χ4n) is 3.28. The van der Waals surface area contributed by atoms with Gasteiger partial charge in [0.05, 0.1) is 5.69 Å². The normalized spacial score (nSPS) is 16.2. The Morgan fingerprint density at radius 1 is 1.10 bits per heavy atom. The average molecular weight is 277 g/mol. The summed E-state index contributed by atoms with van der Waals surface area (Å²) in [6, 6.07) is 15.6. The molecular weight excluding hydrogens is 258 g/mol. The van der Waals surface area contributed by atoms with Crippen molar-refractivity contribution in [3.63, 3.8) is 0 Å². The number of pyridine rings is 1. The van der Waals surface area contributed by atoms with Gasteiger partial charge in [0.15, 0.2) is 0 Å². The number of imidazole rings is 1. The van der Waals surface area contributed by atoms with Crippen molar-refractivity contribution in [2.75, 3.05) is 0 Å². The summed E-state index contributed by atoms with van der Waals surface area (Å²) in [7, 11) is 0. The first-order valence-corrected chi connectivity index (χ1v) is 7.56. The number of fused-ring (bicyclic) bond motifs is 2. The molecule has 1 aliphatic rings. The van der Waals surface area contributed by atoms with Gasteiger partial charge in [-0.25, -0.2) is 4.98 Å². The zero-order valence-corrected chi connectivity index (χ0v) is 12.2. The summed E-state index contributed by atoms with van der Waals surface area (Å²) in [5, 5.41) is 3.73. The van der Waals surface area contributed by atoms with Gasteiger partial charge in [0.2, 0.25) is 0 Å². The van der Waals surface area contributed by atoms with Gasteiger partial charge in [-0.2, -0.15) is 0 Å². The van der Waals surface area contributed by atoms with E-state index in [2.05, 4.69) is 47.1 Å². The number of aromatic nitrogens is 2. The van der Waals surface area contributed by atoms with E-state index in [1.807, 2.05) is 24.4 Å². The minimum atomic E-state index is 0.268. The molecule has 0 spiro atoms. The third kappa shape index (κ3) is 2.34. The highest BCUT2D eigenvalue weighted by molar-refractivity contribution is 5.40. The van der Waals surface area contributed by atoms with Crippen LogP contribution in [0.15, 0.2) is 54.9 Å². The van der Waals surface area contributed by atoms with E-state index in [0.29, 0.717) is 6.04 Å². The van der Waals surface area contributed by atoms with Gasteiger partial charge < -0.3 is 9.72 Å². The summed E-state index contributed by atoms with van der Waals surface area (Å²) in [5.74, 6) is 0. The lowest BCUT2D eigenvalue weighted by Gasteiger charge is -2.17. The maximum absolute atomic E-state index is 4.70. The molecule has 0 fully saturated rings. The van der Waals surface area contributed by atoms with E-state index in [4.69, 9.17) is 4.98 Å². The van der Waals surface area contributed by atoms with Crippen LogP contribution in [0.3, 0.4) is 0 Å². The second-order valence-electron chi connectivity index (χ2n) is 5.89. The smallest absolute Gasteiger partial charge is 0.137 e. The predicted octanol–water partition coefficient (Wildman–Crippen LogP) is 3.15. The number of hydrogen-bond donors (Lipinski definition) is 1. The first-order chi connectivity index (χ1) is 10.3. The quantitative estimate of drug-likeness (QED) is 0.797. The molecule has 1 N–H and O–H groups in total. The molecule has 21 heavy (non-hydrogen) atoms. The van der Waals surface area contributed by atoms with Crippen molar-refractivity contribution in [1.82, 2.24) is 14.7 Å². The molecule has 4 rings (SSSR count). The molecule has 2 aromatic heterocycles. The Morgan fingerprint density at radius 2 is 1.81 bits per heavy atom. The van der Waals surface area contributed by atoms with Crippen LogP contribution in [-0.2, 0) is 12.8 Å². The summed E-state index contributed by atoms with van der Waals surface area (Å²) in [5.41, 5.74) is 5.09.